The van der Waals surface area contributed by atoms with Gasteiger partial charge in [0.25, 0.3) is 0 Å². The number of hydrogen-bond donors (Lipinski definition) is 5. The molecule has 572 valence electrons. The van der Waals surface area contributed by atoms with E-state index in [1.807, 2.05) is 113 Å². The highest BCUT2D eigenvalue weighted by molar-refractivity contribution is 5.81. The lowest BCUT2D eigenvalue weighted by atomic mass is 9.95. The monoisotopic (exact) mass is 1470 g/mol. The Labute approximate surface area is 655 Å². The number of nitrogens with zero attached hydrogens (tertiary/aromatic N) is 4. The number of aryl methyl sites for hydroxylation is 4. The topological polar surface area (TPSA) is 163 Å². The molecule has 5 N–H and O–H groups in total. The maximum absolute atomic E-state index is 9.45. The van der Waals surface area contributed by atoms with Gasteiger partial charge in [-0.25, -0.2) is 14.8 Å². The zero-order valence-electron chi connectivity index (χ0n) is 67.9. The Morgan fingerprint density at radius 3 is 1.04 bits per heavy atom. The number of ether oxygens (including phenoxy) is 2. The molecule has 10 aromatic carbocycles. The number of hydrogen-bond acceptors (Lipinski definition) is 10. The molecule has 2 aromatic heterocycles. The van der Waals surface area contributed by atoms with E-state index in [2.05, 4.69) is 248 Å². The molecule has 11 heteroatoms. The average Bonchev–Trinajstić information content (AvgIpc) is 0.829. The van der Waals surface area contributed by atoms with E-state index in [4.69, 9.17) is 16.0 Å². The van der Waals surface area contributed by atoms with Crippen molar-refractivity contribution in [1.29, 1.82) is 0 Å². The molecule has 0 spiro atoms. The first kappa shape index (κ1) is 86.6. The fraction of sp³-hybridized carbons (Fsp3) is 0.293. The van der Waals surface area contributed by atoms with E-state index >= 15 is 0 Å². The third-order valence-corrected chi connectivity index (χ3v) is 19.5. The van der Waals surface area contributed by atoms with Crippen LogP contribution in [0.4, 0.5) is 5.69 Å². The Hall–Kier alpha value is -10.7. The Bertz CT molecular complexity index is 4600. The van der Waals surface area contributed by atoms with Crippen LogP contribution in [0.15, 0.2) is 237 Å². The van der Waals surface area contributed by atoms with Crippen molar-refractivity contribution in [2.24, 2.45) is 0 Å². The number of aliphatic hydroxyl groups excluding tert-OH is 5. The van der Waals surface area contributed by atoms with Crippen LogP contribution in [0.25, 0.3) is 71.7 Å². The summed E-state index contributed by atoms with van der Waals surface area (Å²) in [6.07, 6.45) is 3.32. The third-order valence-electron chi connectivity index (χ3n) is 19.5. The van der Waals surface area contributed by atoms with Crippen molar-refractivity contribution in [3.63, 3.8) is 0 Å². The number of methoxy groups -OCH3 is 2. The zero-order valence-corrected chi connectivity index (χ0v) is 67.9. The molecule has 0 radical (unpaired) electrons. The Kier molecular flexibility index (Phi) is 33.8. The van der Waals surface area contributed by atoms with Crippen LogP contribution in [0.3, 0.4) is 0 Å². The minimum absolute atomic E-state index is 0.0463. The van der Waals surface area contributed by atoms with E-state index in [9.17, 15) is 25.5 Å². The first-order chi connectivity index (χ1) is 52.8. The average molecular weight is 1470 g/mol. The van der Waals surface area contributed by atoms with E-state index < -0.39 is 0 Å². The second kappa shape index (κ2) is 42.9. The minimum Gasteiger partial charge on any atom is -0.497 e. The van der Waals surface area contributed by atoms with E-state index in [0.29, 0.717) is 52.8 Å². The summed E-state index contributed by atoms with van der Waals surface area (Å²) in [7, 11) is 3.22. The van der Waals surface area contributed by atoms with Gasteiger partial charge in [0.2, 0.25) is 5.88 Å². The Morgan fingerprint density at radius 2 is 0.691 bits per heavy atom. The molecule has 0 aliphatic heterocycles. The molecule has 0 saturated carbocycles. The predicted molar refractivity (Wildman–Crippen MR) is 457 cm³/mol. The number of aliphatic hydroxyl groups is 5. The fourth-order valence-electron chi connectivity index (χ4n) is 12.6. The predicted octanol–water partition coefficient (Wildman–Crippen LogP) is 24.3. The van der Waals surface area contributed by atoms with Crippen LogP contribution in [-0.2, 0) is 33.0 Å². The SMILES string of the molecule is CC(C)c1ccc(-c2ccccc2CO)cc1.COc1ncnc(CO)c1-c1ccc(C(C)C)cc1.Cc1ccc(-c2ccc(C(C)C)cc2)c(CO)c1.Cc1ccc(-c2ccc(C(C)C)cc2)c(CO)c1.Cc1ccc(-c2ccc(C(C)C)cn2)c(CO)c1.[C-]#[N+]c1cc(C)c(OC)cc1-c1ccc(C(C)C)cc1. The zero-order chi connectivity index (χ0) is 80.1. The van der Waals surface area contributed by atoms with Gasteiger partial charge in [-0.15, -0.1) is 0 Å². The molecule has 0 saturated heterocycles. The highest BCUT2D eigenvalue weighted by Gasteiger charge is 2.17. The lowest BCUT2D eigenvalue weighted by Crippen LogP contribution is -2.00. The third kappa shape index (κ3) is 24.2. The summed E-state index contributed by atoms with van der Waals surface area (Å²) in [5.41, 5.74) is 30.0. The van der Waals surface area contributed by atoms with Gasteiger partial charge >= 0.3 is 0 Å². The summed E-state index contributed by atoms with van der Waals surface area (Å²) < 4.78 is 10.6. The van der Waals surface area contributed by atoms with E-state index in [1.165, 1.54) is 67.5 Å². The highest BCUT2D eigenvalue weighted by Crippen LogP contribution is 2.38. The summed E-state index contributed by atoms with van der Waals surface area (Å²) in [6, 6.07) is 76.9. The summed E-state index contributed by atoms with van der Waals surface area (Å²) in [5.74, 6) is 4.44. The van der Waals surface area contributed by atoms with Crippen LogP contribution in [0.1, 0.15) is 202 Å². The first-order valence-corrected chi connectivity index (χ1v) is 38.1. The molecule has 0 amide bonds. The van der Waals surface area contributed by atoms with Crippen molar-refractivity contribution in [2.75, 3.05) is 14.2 Å². The Balaban J connectivity index is 0.000000184. The Morgan fingerprint density at radius 1 is 0.336 bits per heavy atom. The molecule has 0 aliphatic carbocycles. The molecule has 12 rings (SSSR count). The van der Waals surface area contributed by atoms with Crippen molar-refractivity contribution in [3.8, 4) is 78.5 Å². The van der Waals surface area contributed by atoms with Gasteiger partial charge in [0.05, 0.1) is 70.8 Å². The van der Waals surface area contributed by atoms with Crippen molar-refractivity contribution in [1.82, 2.24) is 15.0 Å². The van der Waals surface area contributed by atoms with Crippen LogP contribution < -0.4 is 9.47 Å². The fourth-order valence-corrected chi connectivity index (χ4v) is 12.6. The lowest BCUT2D eigenvalue weighted by molar-refractivity contribution is 0.276. The van der Waals surface area contributed by atoms with E-state index in [1.54, 1.807) is 14.2 Å². The molecule has 0 atom stereocenters. The van der Waals surface area contributed by atoms with Crippen LogP contribution >= 0.6 is 0 Å². The maximum Gasteiger partial charge on any atom is 0.224 e. The quantitative estimate of drug-likeness (QED) is 0.0493. The van der Waals surface area contributed by atoms with Crippen LogP contribution in [0.2, 0.25) is 0 Å². The molecule has 2 heterocycles. The highest BCUT2D eigenvalue weighted by atomic mass is 16.5. The standard InChI is InChI=1S/C18H19NO.2C17H20O.C16H19NO.C16H18O.C15H18N2O2/c1-12(2)14-6-8-15(9-7-14)16-11-18(20-5)13(3)10-17(16)19-4;2*1-12(2)14-5-7-15(8-6-14)17-9-4-13(3)10-16(17)11-18;1-11(2)13-5-7-16(17-9-13)15-6-4-12(3)8-14(15)10-18;1-12(2)13-7-9-14(10-8-13)16-6-4-3-5-15(16)11-17;1-10(2)11-4-6-12(7-5-11)14-13(8-18)16-9-17-15(14)19-3/h6-12H,1-3,5H3;2*4-10,12,18H,11H2,1-3H3;4-9,11,18H,10H2,1-3H3;3-10,12,17H,11H2,1-2H3;4-7,9-10,18H,8H2,1-3H3. The van der Waals surface area contributed by atoms with Crippen molar-refractivity contribution in [3.05, 3.63) is 332 Å². The lowest BCUT2D eigenvalue weighted by Gasteiger charge is -2.12. The molecule has 0 bridgehead atoms. The molecule has 0 unspecified atom stereocenters. The summed E-state index contributed by atoms with van der Waals surface area (Å²) in [5, 5.41) is 47.0. The molecular formula is C99H114N4O7. The minimum atomic E-state index is -0.139. The molecule has 0 aliphatic rings. The van der Waals surface area contributed by atoms with Crippen LogP contribution in [-0.4, -0.2) is 54.7 Å². The van der Waals surface area contributed by atoms with Gasteiger partial charge in [-0.1, -0.05) is 306 Å². The first-order valence-electron chi connectivity index (χ1n) is 38.1. The number of benzene rings is 10. The molecular weight excluding hydrogens is 1360 g/mol. The summed E-state index contributed by atoms with van der Waals surface area (Å²) in [6.45, 7) is 41.7. The largest absolute Gasteiger partial charge is 0.497 e. The molecule has 0 fully saturated rings. The van der Waals surface area contributed by atoms with E-state index in [0.717, 1.165) is 89.3 Å². The number of aromatic nitrogens is 3. The van der Waals surface area contributed by atoms with Gasteiger partial charge < -0.3 is 35.0 Å². The van der Waals surface area contributed by atoms with Gasteiger partial charge in [-0.05, 0) is 193 Å². The molecule has 110 heavy (non-hydrogen) atoms. The van der Waals surface area contributed by atoms with Gasteiger partial charge in [0, 0.05) is 11.8 Å². The van der Waals surface area contributed by atoms with Crippen LogP contribution in [0.5, 0.6) is 11.6 Å². The second-order valence-corrected chi connectivity index (χ2v) is 29.6. The summed E-state index contributed by atoms with van der Waals surface area (Å²) in [4.78, 5) is 16.3. The normalized spacial score (nSPS) is 10.8. The molecule has 11 nitrogen and oxygen atoms in total. The van der Waals surface area contributed by atoms with E-state index in [-0.39, 0.29) is 33.0 Å². The van der Waals surface area contributed by atoms with Crippen molar-refractivity contribution < 1.29 is 35.0 Å². The van der Waals surface area contributed by atoms with Gasteiger partial charge in [0.1, 0.15) is 12.1 Å². The smallest absolute Gasteiger partial charge is 0.224 e. The van der Waals surface area contributed by atoms with Gasteiger partial charge in [-0.2, -0.15) is 0 Å². The van der Waals surface area contributed by atoms with Crippen molar-refractivity contribution in [2.45, 2.75) is 179 Å². The second-order valence-electron chi connectivity index (χ2n) is 29.6. The maximum atomic E-state index is 9.45. The van der Waals surface area contributed by atoms with Crippen molar-refractivity contribution >= 4 is 5.69 Å². The number of rotatable bonds is 19. The van der Waals surface area contributed by atoms with Gasteiger partial charge in [0.15, 0.2) is 5.69 Å². The van der Waals surface area contributed by atoms with Gasteiger partial charge in [-0.3, -0.25) is 4.98 Å². The summed E-state index contributed by atoms with van der Waals surface area (Å²) >= 11 is 0. The molecule has 12 aromatic rings. The van der Waals surface area contributed by atoms with Crippen LogP contribution in [0, 0.1) is 34.3 Å². The number of pyridine rings is 1.